The number of nitrogens with zero attached hydrogens (tertiary/aromatic N) is 5. The van der Waals surface area contributed by atoms with Gasteiger partial charge in [-0.3, -0.25) is 0 Å². The molecule has 3 aliphatic rings. The molecule has 5 rings (SSSR count). The number of carbonyl (C=O) groups excluding carboxylic acids is 1. The summed E-state index contributed by atoms with van der Waals surface area (Å²) in [5, 5.41) is 7.50. The van der Waals surface area contributed by atoms with Crippen molar-refractivity contribution >= 4 is 17.2 Å². The van der Waals surface area contributed by atoms with E-state index in [1.54, 1.807) is 0 Å². The number of aromatic nitrogens is 2. The molecule has 1 N–H and O–H groups in total. The van der Waals surface area contributed by atoms with Gasteiger partial charge in [-0.15, -0.1) is 0 Å². The number of nitrogens with one attached hydrogen (secondary N) is 1. The molecule has 34 heavy (non-hydrogen) atoms. The Morgan fingerprint density at radius 3 is 2.71 bits per heavy atom. The van der Waals surface area contributed by atoms with E-state index in [-0.39, 0.29) is 6.03 Å². The maximum Gasteiger partial charge on any atom is 0.317 e. The van der Waals surface area contributed by atoms with E-state index in [1.807, 2.05) is 22.5 Å². The third-order valence-electron chi connectivity index (χ3n) is 7.72. The highest BCUT2D eigenvalue weighted by Crippen LogP contribution is 2.35. The average Bonchev–Trinajstić information content (AvgIpc) is 3.52. The Morgan fingerprint density at radius 2 is 2.03 bits per heavy atom. The highest BCUT2D eigenvalue weighted by molar-refractivity contribution is 5.76. The quantitative estimate of drug-likeness (QED) is 0.733. The predicted molar refractivity (Wildman–Crippen MR) is 137 cm³/mol. The molecule has 7 nitrogen and oxygen atoms in total. The first-order valence-corrected chi connectivity index (χ1v) is 12.9. The maximum absolute atomic E-state index is 12.2. The van der Waals surface area contributed by atoms with Crippen LogP contribution in [0.1, 0.15) is 45.1 Å². The molecule has 2 amide bonds. The summed E-state index contributed by atoms with van der Waals surface area (Å²) >= 11 is 0. The van der Waals surface area contributed by atoms with E-state index in [0.717, 1.165) is 38.1 Å². The minimum Gasteiger partial charge on any atom is -0.366 e. The lowest BCUT2D eigenvalue weighted by molar-refractivity contribution is 0.195. The van der Waals surface area contributed by atoms with Crippen LogP contribution in [0.25, 0.3) is 5.52 Å². The molecule has 2 aliphatic heterocycles. The van der Waals surface area contributed by atoms with Gasteiger partial charge >= 0.3 is 6.03 Å². The Kier molecular flexibility index (Phi) is 6.63. The van der Waals surface area contributed by atoms with Crippen LogP contribution in [0, 0.1) is 5.92 Å². The zero-order chi connectivity index (χ0) is 23.7. The molecule has 0 radical (unpaired) electrons. The second kappa shape index (κ2) is 9.82. The number of urea groups is 1. The van der Waals surface area contributed by atoms with Crippen molar-refractivity contribution < 1.29 is 4.79 Å². The molecule has 0 spiro atoms. The van der Waals surface area contributed by atoms with Crippen molar-refractivity contribution in [1.82, 2.24) is 24.7 Å². The van der Waals surface area contributed by atoms with E-state index in [1.165, 1.54) is 36.3 Å². The number of likely N-dealkylation sites (tertiary alicyclic amines) is 1. The van der Waals surface area contributed by atoms with E-state index in [9.17, 15) is 4.79 Å². The van der Waals surface area contributed by atoms with Gasteiger partial charge in [-0.25, -0.2) is 9.31 Å². The Morgan fingerprint density at radius 1 is 1.21 bits per heavy atom. The number of rotatable bonds is 5. The molecule has 2 atom stereocenters. The van der Waals surface area contributed by atoms with E-state index in [0.29, 0.717) is 24.4 Å². The fraction of sp³-hybridized carbons (Fsp3) is 0.556. The Bertz CT molecular complexity index is 1080. The van der Waals surface area contributed by atoms with Crippen LogP contribution in [-0.4, -0.2) is 77.3 Å². The normalized spacial score (nSPS) is 23.7. The number of anilines is 1. The predicted octanol–water partition coefficient (Wildman–Crippen LogP) is 3.89. The maximum atomic E-state index is 12.2. The molecule has 7 heteroatoms. The van der Waals surface area contributed by atoms with Crippen LogP contribution >= 0.6 is 0 Å². The van der Waals surface area contributed by atoms with Crippen molar-refractivity contribution in [3.05, 3.63) is 53.9 Å². The molecule has 2 saturated heterocycles. The van der Waals surface area contributed by atoms with Crippen LogP contribution in [0.5, 0.6) is 0 Å². The molecule has 0 bridgehead atoms. The summed E-state index contributed by atoms with van der Waals surface area (Å²) in [6.45, 7) is 12.8. The van der Waals surface area contributed by atoms with Crippen molar-refractivity contribution in [3.63, 3.8) is 0 Å². The monoisotopic (exact) mass is 462 g/mol. The summed E-state index contributed by atoms with van der Waals surface area (Å²) in [5.74, 6) is 1.08. The van der Waals surface area contributed by atoms with Crippen LogP contribution < -0.4 is 10.2 Å². The van der Waals surface area contributed by atoms with Crippen LogP contribution in [0.15, 0.2) is 48.3 Å². The molecule has 0 saturated carbocycles. The molecular formula is C27H38N6O. The molecule has 1 aliphatic carbocycles. The van der Waals surface area contributed by atoms with Crippen molar-refractivity contribution in [3.8, 4) is 0 Å². The topological polar surface area (TPSA) is 56.1 Å². The average molecular weight is 463 g/mol. The largest absolute Gasteiger partial charge is 0.366 e. The molecule has 2 aromatic rings. The Hall–Kier alpha value is -2.80. The lowest BCUT2D eigenvalue weighted by Gasteiger charge is -2.36. The SMILES string of the molecule is CCNC(=O)N1CCN(c2ccnn3cc(C4C=CC([C@@H]5CCN(C(C)C)C5)=CC4)cc23)CC1. The fourth-order valence-electron chi connectivity index (χ4n) is 5.62. The van der Waals surface area contributed by atoms with Crippen LogP contribution in [-0.2, 0) is 0 Å². The zero-order valence-corrected chi connectivity index (χ0v) is 20.8. The van der Waals surface area contributed by atoms with Gasteiger partial charge < -0.3 is 20.0 Å². The number of carbonyl (C=O) groups is 1. The molecule has 182 valence electrons. The number of allylic oxidation sites excluding steroid dienone is 3. The van der Waals surface area contributed by atoms with Gasteiger partial charge in [0.2, 0.25) is 0 Å². The first-order valence-electron chi connectivity index (χ1n) is 12.9. The van der Waals surface area contributed by atoms with E-state index >= 15 is 0 Å². The standard InChI is InChI=1S/C27H38N6O/c1-4-28-27(34)31-15-13-30(14-16-31)25-9-11-29-33-19-24(17-26(25)33)22-7-5-21(6-8-22)23-10-12-32(18-23)20(2)3/h5-7,9,11,17,19-20,22-23H,4,8,10,12-16,18H2,1-3H3,(H,28,34)/t22?,23-/m1/s1. The molecular weight excluding hydrogens is 424 g/mol. The number of amides is 2. The van der Waals surface area contributed by atoms with Gasteiger partial charge in [-0.05, 0) is 69.3 Å². The fourth-order valence-corrected chi connectivity index (χ4v) is 5.62. The smallest absolute Gasteiger partial charge is 0.317 e. The lowest BCUT2D eigenvalue weighted by atomic mass is 9.86. The summed E-state index contributed by atoms with van der Waals surface area (Å²) < 4.78 is 2.02. The van der Waals surface area contributed by atoms with Gasteiger partial charge in [0.15, 0.2) is 0 Å². The molecule has 2 fully saturated rings. The first-order chi connectivity index (χ1) is 16.5. The second-order valence-corrected chi connectivity index (χ2v) is 10.1. The van der Waals surface area contributed by atoms with Crippen LogP contribution in [0.2, 0.25) is 0 Å². The lowest BCUT2D eigenvalue weighted by Crippen LogP contribution is -2.51. The van der Waals surface area contributed by atoms with Gasteiger partial charge in [-0.2, -0.15) is 5.10 Å². The summed E-state index contributed by atoms with van der Waals surface area (Å²) in [4.78, 5) is 19.0. The number of hydrogen-bond donors (Lipinski definition) is 1. The molecule has 2 aromatic heterocycles. The summed E-state index contributed by atoms with van der Waals surface area (Å²) in [6.07, 6.45) is 13.6. The summed E-state index contributed by atoms with van der Waals surface area (Å²) in [5.41, 5.74) is 5.19. The summed E-state index contributed by atoms with van der Waals surface area (Å²) in [6, 6.07) is 5.09. The Balaban J connectivity index is 1.26. The Labute approximate surface area is 203 Å². The summed E-state index contributed by atoms with van der Waals surface area (Å²) in [7, 11) is 0. The van der Waals surface area contributed by atoms with Crippen molar-refractivity contribution in [2.75, 3.05) is 50.7 Å². The van der Waals surface area contributed by atoms with Gasteiger partial charge in [0, 0.05) is 63.6 Å². The van der Waals surface area contributed by atoms with Crippen molar-refractivity contribution in [2.45, 2.75) is 45.6 Å². The van der Waals surface area contributed by atoms with Gasteiger partial charge in [0.1, 0.15) is 0 Å². The molecule has 4 heterocycles. The van der Waals surface area contributed by atoms with E-state index < -0.39 is 0 Å². The highest BCUT2D eigenvalue weighted by atomic mass is 16.2. The second-order valence-electron chi connectivity index (χ2n) is 10.1. The third kappa shape index (κ3) is 4.58. The minimum atomic E-state index is 0.0398. The number of piperazine rings is 1. The highest BCUT2D eigenvalue weighted by Gasteiger charge is 2.28. The van der Waals surface area contributed by atoms with Gasteiger partial charge in [0.25, 0.3) is 0 Å². The molecule has 0 aromatic carbocycles. The first kappa shape index (κ1) is 23.0. The van der Waals surface area contributed by atoms with Crippen LogP contribution in [0.3, 0.4) is 0 Å². The third-order valence-corrected chi connectivity index (χ3v) is 7.72. The number of fused-ring (bicyclic) bond motifs is 1. The molecule has 1 unspecified atom stereocenters. The minimum absolute atomic E-state index is 0.0398. The van der Waals surface area contributed by atoms with Gasteiger partial charge in [-0.1, -0.05) is 18.2 Å². The van der Waals surface area contributed by atoms with Gasteiger partial charge in [0.05, 0.1) is 11.2 Å². The van der Waals surface area contributed by atoms with Crippen molar-refractivity contribution in [2.24, 2.45) is 5.92 Å². The van der Waals surface area contributed by atoms with Crippen LogP contribution in [0.4, 0.5) is 10.5 Å². The number of hydrogen-bond acceptors (Lipinski definition) is 4. The van der Waals surface area contributed by atoms with E-state index in [4.69, 9.17) is 0 Å². The van der Waals surface area contributed by atoms with E-state index in [2.05, 4.69) is 70.6 Å². The van der Waals surface area contributed by atoms with Crippen molar-refractivity contribution in [1.29, 1.82) is 0 Å². The zero-order valence-electron chi connectivity index (χ0n) is 20.8.